The SMILES string of the molecule is COc1ccc(Br)cc1C(=O)Nc1cccc(NC(=O)C2CCCCC2)c1. The van der Waals surface area contributed by atoms with E-state index in [4.69, 9.17) is 4.74 Å². The van der Waals surface area contributed by atoms with Gasteiger partial charge in [0.2, 0.25) is 5.91 Å². The van der Waals surface area contributed by atoms with Gasteiger partial charge in [0.25, 0.3) is 5.91 Å². The largest absolute Gasteiger partial charge is 0.496 e. The molecule has 142 valence electrons. The molecular weight excluding hydrogens is 408 g/mol. The molecule has 3 rings (SSSR count). The van der Waals surface area contributed by atoms with Crippen LogP contribution in [0.3, 0.4) is 0 Å². The van der Waals surface area contributed by atoms with Gasteiger partial charge in [-0.3, -0.25) is 9.59 Å². The number of anilines is 2. The van der Waals surface area contributed by atoms with Crippen LogP contribution in [0.25, 0.3) is 0 Å². The molecule has 0 unspecified atom stereocenters. The summed E-state index contributed by atoms with van der Waals surface area (Å²) in [5.74, 6) is 0.371. The molecule has 27 heavy (non-hydrogen) atoms. The van der Waals surface area contributed by atoms with E-state index in [9.17, 15) is 9.59 Å². The van der Waals surface area contributed by atoms with E-state index in [1.807, 2.05) is 18.2 Å². The van der Waals surface area contributed by atoms with E-state index in [-0.39, 0.29) is 17.7 Å². The smallest absolute Gasteiger partial charge is 0.259 e. The molecule has 1 aliphatic rings. The first-order chi connectivity index (χ1) is 13.1. The fourth-order valence-electron chi connectivity index (χ4n) is 3.34. The molecule has 0 atom stereocenters. The molecule has 2 aromatic rings. The van der Waals surface area contributed by atoms with Crippen LogP contribution >= 0.6 is 15.9 Å². The van der Waals surface area contributed by atoms with Crippen molar-refractivity contribution in [2.45, 2.75) is 32.1 Å². The van der Waals surface area contributed by atoms with Gasteiger partial charge in [-0.1, -0.05) is 41.3 Å². The van der Waals surface area contributed by atoms with Gasteiger partial charge < -0.3 is 15.4 Å². The van der Waals surface area contributed by atoms with E-state index in [0.717, 1.165) is 30.2 Å². The van der Waals surface area contributed by atoms with Crippen molar-refractivity contribution < 1.29 is 14.3 Å². The van der Waals surface area contributed by atoms with E-state index in [1.165, 1.54) is 13.5 Å². The molecule has 0 radical (unpaired) electrons. The molecule has 2 aromatic carbocycles. The number of carbonyl (C=O) groups is 2. The molecular formula is C21H23BrN2O3. The lowest BCUT2D eigenvalue weighted by atomic mass is 9.88. The third-order valence-corrected chi connectivity index (χ3v) is 5.26. The summed E-state index contributed by atoms with van der Waals surface area (Å²) in [6.45, 7) is 0. The van der Waals surface area contributed by atoms with Gasteiger partial charge in [0.05, 0.1) is 12.7 Å². The van der Waals surface area contributed by atoms with Crippen molar-refractivity contribution >= 4 is 39.1 Å². The van der Waals surface area contributed by atoms with Crippen LogP contribution in [-0.2, 0) is 4.79 Å². The van der Waals surface area contributed by atoms with E-state index in [1.54, 1.807) is 24.3 Å². The number of carbonyl (C=O) groups excluding carboxylic acids is 2. The second-order valence-corrected chi connectivity index (χ2v) is 7.62. The van der Waals surface area contributed by atoms with Gasteiger partial charge in [-0.25, -0.2) is 0 Å². The predicted molar refractivity (Wildman–Crippen MR) is 110 cm³/mol. The van der Waals surface area contributed by atoms with Gasteiger partial charge in [0.15, 0.2) is 0 Å². The molecule has 2 amide bonds. The maximum absolute atomic E-state index is 12.6. The van der Waals surface area contributed by atoms with Gasteiger partial charge in [0.1, 0.15) is 5.75 Å². The Morgan fingerprint density at radius 2 is 1.70 bits per heavy atom. The molecule has 0 bridgehead atoms. The van der Waals surface area contributed by atoms with Crippen molar-refractivity contribution in [3.05, 3.63) is 52.5 Å². The molecule has 2 N–H and O–H groups in total. The fraction of sp³-hybridized carbons (Fsp3) is 0.333. The van der Waals surface area contributed by atoms with Crippen LogP contribution in [0.5, 0.6) is 5.75 Å². The highest BCUT2D eigenvalue weighted by atomic mass is 79.9. The first-order valence-electron chi connectivity index (χ1n) is 9.12. The lowest BCUT2D eigenvalue weighted by molar-refractivity contribution is -0.120. The van der Waals surface area contributed by atoms with Crippen LogP contribution in [-0.4, -0.2) is 18.9 Å². The Morgan fingerprint density at radius 3 is 2.41 bits per heavy atom. The third-order valence-electron chi connectivity index (χ3n) is 4.77. The fourth-order valence-corrected chi connectivity index (χ4v) is 3.70. The molecule has 1 saturated carbocycles. The van der Waals surface area contributed by atoms with E-state index in [2.05, 4.69) is 26.6 Å². The standard InChI is InChI=1S/C21H23BrN2O3/c1-27-19-11-10-15(22)12-18(19)21(26)24-17-9-5-8-16(13-17)23-20(25)14-6-3-2-4-7-14/h5,8-14H,2-4,6-7H2,1H3,(H,23,25)(H,24,26). The average molecular weight is 431 g/mol. The number of amides is 2. The number of methoxy groups -OCH3 is 1. The Balaban J connectivity index is 1.69. The minimum absolute atomic E-state index is 0.0619. The van der Waals surface area contributed by atoms with Gasteiger partial charge in [0, 0.05) is 21.8 Å². The zero-order chi connectivity index (χ0) is 19.2. The first-order valence-corrected chi connectivity index (χ1v) is 9.92. The van der Waals surface area contributed by atoms with Crippen LogP contribution in [0.2, 0.25) is 0 Å². The topological polar surface area (TPSA) is 67.4 Å². The number of ether oxygens (including phenoxy) is 1. The van der Waals surface area contributed by atoms with Crippen LogP contribution < -0.4 is 15.4 Å². The summed E-state index contributed by atoms with van der Waals surface area (Å²) in [6, 6.07) is 12.5. The van der Waals surface area contributed by atoms with E-state index < -0.39 is 0 Å². The van der Waals surface area contributed by atoms with Crippen LogP contribution in [0.15, 0.2) is 46.9 Å². The average Bonchev–Trinajstić information content (AvgIpc) is 2.69. The van der Waals surface area contributed by atoms with Crippen LogP contribution in [0.1, 0.15) is 42.5 Å². The molecule has 6 heteroatoms. The second kappa shape index (κ2) is 9.04. The van der Waals surface area contributed by atoms with Crippen molar-refractivity contribution in [2.24, 2.45) is 5.92 Å². The minimum atomic E-state index is -0.274. The number of halogens is 1. The van der Waals surface area contributed by atoms with Gasteiger partial charge in [-0.05, 0) is 49.2 Å². The number of hydrogen-bond donors (Lipinski definition) is 2. The summed E-state index contributed by atoms with van der Waals surface area (Å²) in [6.07, 6.45) is 5.34. The Morgan fingerprint density at radius 1 is 1.00 bits per heavy atom. The first kappa shape index (κ1) is 19.4. The lowest BCUT2D eigenvalue weighted by Gasteiger charge is -2.20. The number of hydrogen-bond acceptors (Lipinski definition) is 3. The minimum Gasteiger partial charge on any atom is -0.496 e. The molecule has 0 spiro atoms. The van der Waals surface area contributed by atoms with Crippen molar-refractivity contribution in [3.8, 4) is 5.75 Å². The number of benzene rings is 2. The van der Waals surface area contributed by atoms with Crippen molar-refractivity contribution in [2.75, 3.05) is 17.7 Å². The molecule has 0 aliphatic heterocycles. The summed E-state index contributed by atoms with van der Waals surface area (Å²) in [7, 11) is 1.53. The summed E-state index contributed by atoms with van der Waals surface area (Å²) in [5, 5.41) is 5.84. The normalized spacial score (nSPS) is 14.4. The van der Waals surface area contributed by atoms with Crippen molar-refractivity contribution in [1.29, 1.82) is 0 Å². The van der Waals surface area contributed by atoms with Crippen molar-refractivity contribution in [1.82, 2.24) is 0 Å². The zero-order valence-electron chi connectivity index (χ0n) is 15.3. The monoisotopic (exact) mass is 430 g/mol. The Labute approximate surface area is 167 Å². The Kier molecular flexibility index (Phi) is 6.50. The highest BCUT2D eigenvalue weighted by molar-refractivity contribution is 9.10. The van der Waals surface area contributed by atoms with Gasteiger partial charge in [-0.2, -0.15) is 0 Å². The predicted octanol–water partition coefficient (Wildman–Crippen LogP) is 5.23. The second-order valence-electron chi connectivity index (χ2n) is 6.70. The Hall–Kier alpha value is -2.34. The Bertz CT molecular complexity index is 832. The zero-order valence-corrected chi connectivity index (χ0v) is 16.8. The van der Waals surface area contributed by atoms with Gasteiger partial charge in [-0.15, -0.1) is 0 Å². The summed E-state index contributed by atoms with van der Waals surface area (Å²) in [4.78, 5) is 25.1. The van der Waals surface area contributed by atoms with E-state index in [0.29, 0.717) is 22.7 Å². The summed E-state index contributed by atoms with van der Waals surface area (Å²) in [5.41, 5.74) is 1.73. The number of nitrogens with one attached hydrogen (secondary N) is 2. The highest BCUT2D eigenvalue weighted by Crippen LogP contribution is 2.27. The molecule has 0 aromatic heterocycles. The highest BCUT2D eigenvalue weighted by Gasteiger charge is 2.21. The molecule has 0 heterocycles. The van der Waals surface area contributed by atoms with Gasteiger partial charge >= 0.3 is 0 Å². The van der Waals surface area contributed by atoms with E-state index >= 15 is 0 Å². The quantitative estimate of drug-likeness (QED) is 0.682. The molecule has 0 saturated heterocycles. The van der Waals surface area contributed by atoms with Crippen LogP contribution in [0.4, 0.5) is 11.4 Å². The van der Waals surface area contributed by atoms with Crippen LogP contribution in [0, 0.1) is 5.92 Å². The molecule has 5 nitrogen and oxygen atoms in total. The summed E-state index contributed by atoms with van der Waals surface area (Å²) >= 11 is 3.37. The van der Waals surface area contributed by atoms with Crippen molar-refractivity contribution in [3.63, 3.8) is 0 Å². The maximum atomic E-state index is 12.6. The third kappa shape index (κ3) is 5.10. The molecule has 1 aliphatic carbocycles. The lowest BCUT2D eigenvalue weighted by Crippen LogP contribution is -2.24. The maximum Gasteiger partial charge on any atom is 0.259 e. The molecule has 1 fully saturated rings. The summed E-state index contributed by atoms with van der Waals surface area (Å²) < 4.78 is 6.06. The number of rotatable bonds is 5.